The second-order valence-corrected chi connectivity index (χ2v) is 2.26. The zero-order chi connectivity index (χ0) is 10.4. The second kappa shape index (κ2) is 4.92. The van der Waals surface area contributed by atoms with Crippen molar-refractivity contribution in [1.29, 1.82) is 0 Å². The summed E-state index contributed by atoms with van der Waals surface area (Å²) >= 11 is 0. The number of hydrogen-bond acceptors (Lipinski definition) is 4. The van der Waals surface area contributed by atoms with Crippen molar-refractivity contribution in [3.63, 3.8) is 0 Å². The van der Waals surface area contributed by atoms with Gasteiger partial charge in [0, 0.05) is 6.07 Å². The van der Waals surface area contributed by atoms with Crippen LogP contribution < -0.4 is 0 Å². The van der Waals surface area contributed by atoms with E-state index in [9.17, 15) is 4.79 Å². The minimum atomic E-state index is -0.220. The van der Waals surface area contributed by atoms with E-state index in [2.05, 4.69) is 0 Å². The molecule has 0 spiro atoms. The van der Waals surface area contributed by atoms with Gasteiger partial charge in [0.25, 0.3) is 0 Å². The van der Waals surface area contributed by atoms with Crippen molar-refractivity contribution in [2.75, 3.05) is 0 Å². The van der Waals surface area contributed by atoms with Gasteiger partial charge in [-0.25, -0.2) is 0 Å². The van der Waals surface area contributed by atoms with Gasteiger partial charge >= 0.3 is 0 Å². The fraction of sp³-hybridized carbons (Fsp3) is 0.111. The van der Waals surface area contributed by atoms with E-state index in [4.69, 9.17) is 15.0 Å². The van der Waals surface area contributed by atoms with Gasteiger partial charge in [-0.05, 0) is 19.1 Å². The molecule has 0 fully saturated rings. The molecule has 1 aromatic rings. The molecule has 0 bridgehead atoms. The molecule has 0 unspecified atom stereocenters. The van der Waals surface area contributed by atoms with Crippen LogP contribution in [0.4, 0.5) is 0 Å². The van der Waals surface area contributed by atoms with E-state index in [1.807, 2.05) is 6.79 Å². The van der Waals surface area contributed by atoms with Crippen LogP contribution in [-0.2, 0) is 4.79 Å². The Balaban J connectivity index is 0.000000671. The molecule has 70 valence electrons. The first-order chi connectivity index (χ1) is 6.11. The largest absolute Gasteiger partial charge is 0.508 e. The average molecular weight is 182 g/mol. The van der Waals surface area contributed by atoms with Crippen molar-refractivity contribution in [3.05, 3.63) is 23.8 Å². The molecule has 0 aliphatic heterocycles. The molecule has 13 heavy (non-hydrogen) atoms. The highest BCUT2D eigenvalue weighted by Gasteiger charge is 2.05. The molecule has 0 aromatic heterocycles. The van der Waals surface area contributed by atoms with E-state index in [1.54, 1.807) is 0 Å². The van der Waals surface area contributed by atoms with Crippen LogP contribution in [0.25, 0.3) is 0 Å². The van der Waals surface area contributed by atoms with Crippen LogP contribution >= 0.6 is 0 Å². The third-order valence-electron chi connectivity index (χ3n) is 1.36. The lowest BCUT2D eigenvalue weighted by atomic mass is 10.1. The van der Waals surface area contributed by atoms with Crippen LogP contribution in [0.2, 0.25) is 0 Å². The molecular formula is C9H10O4. The summed E-state index contributed by atoms with van der Waals surface area (Å²) in [5.74, 6) is -0.451. The maximum atomic E-state index is 10.7. The molecule has 0 amide bonds. The van der Waals surface area contributed by atoms with Crippen molar-refractivity contribution in [3.8, 4) is 11.5 Å². The first-order valence-electron chi connectivity index (χ1n) is 3.43. The summed E-state index contributed by atoms with van der Waals surface area (Å²) in [4.78, 5) is 18.7. The Hall–Kier alpha value is -1.84. The number of phenols is 2. The van der Waals surface area contributed by atoms with Gasteiger partial charge in [0.05, 0.1) is 5.56 Å². The van der Waals surface area contributed by atoms with E-state index < -0.39 is 0 Å². The van der Waals surface area contributed by atoms with E-state index in [0.717, 1.165) is 6.07 Å². The molecule has 1 aromatic carbocycles. The van der Waals surface area contributed by atoms with Crippen molar-refractivity contribution < 1.29 is 19.8 Å². The molecule has 0 aliphatic carbocycles. The molecule has 4 heteroatoms. The highest BCUT2D eigenvalue weighted by Crippen LogP contribution is 2.22. The summed E-state index contributed by atoms with van der Waals surface area (Å²) < 4.78 is 0. The van der Waals surface area contributed by atoms with Crippen LogP contribution in [0.15, 0.2) is 18.2 Å². The Labute approximate surface area is 75.4 Å². The van der Waals surface area contributed by atoms with Crippen molar-refractivity contribution in [2.45, 2.75) is 6.92 Å². The van der Waals surface area contributed by atoms with Crippen LogP contribution in [0.5, 0.6) is 11.5 Å². The minimum Gasteiger partial charge on any atom is -0.508 e. The maximum Gasteiger partial charge on any atom is 0.163 e. The number of hydrogen-bond donors (Lipinski definition) is 2. The molecule has 0 saturated heterocycles. The number of Topliss-reactive ketones (excluding diaryl/α,β-unsaturated/α-hetero) is 1. The van der Waals surface area contributed by atoms with E-state index >= 15 is 0 Å². The predicted molar refractivity (Wildman–Crippen MR) is 46.9 cm³/mol. The molecule has 0 saturated carbocycles. The fourth-order valence-corrected chi connectivity index (χ4v) is 0.818. The maximum absolute atomic E-state index is 10.7. The van der Waals surface area contributed by atoms with Crippen LogP contribution in [-0.4, -0.2) is 22.8 Å². The van der Waals surface area contributed by atoms with E-state index in [-0.39, 0.29) is 22.8 Å². The third kappa shape index (κ3) is 2.94. The monoisotopic (exact) mass is 182 g/mol. The molecular weight excluding hydrogens is 172 g/mol. The number of benzene rings is 1. The number of carbonyl (C=O) groups excluding carboxylic acids is 2. The van der Waals surface area contributed by atoms with Gasteiger partial charge in [0.1, 0.15) is 18.3 Å². The van der Waals surface area contributed by atoms with Gasteiger partial charge in [0.2, 0.25) is 0 Å². The molecule has 0 radical (unpaired) electrons. The number of phenolic OH excluding ortho intramolecular Hbond substituents is 2. The Bertz CT molecular complexity index is 306. The smallest absolute Gasteiger partial charge is 0.163 e. The molecule has 0 heterocycles. The number of carbonyl (C=O) groups is 2. The second-order valence-electron chi connectivity index (χ2n) is 2.26. The standard InChI is InChI=1S/C8H8O3.CH2O/c1-5(9)7-3-2-6(10)4-8(7)11;1-2/h2-4,10-11H,1H3;1H2. The van der Waals surface area contributed by atoms with Gasteiger partial charge in [-0.15, -0.1) is 0 Å². The molecule has 0 atom stereocenters. The molecule has 0 aliphatic rings. The normalized spacial score (nSPS) is 8.38. The van der Waals surface area contributed by atoms with E-state index in [0.29, 0.717) is 0 Å². The zero-order valence-electron chi connectivity index (χ0n) is 7.15. The lowest BCUT2D eigenvalue weighted by Gasteiger charge is -1.99. The minimum absolute atomic E-state index is 0.0486. The van der Waals surface area contributed by atoms with Crippen LogP contribution in [0.3, 0.4) is 0 Å². The summed E-state index contributed by atoms with van der Waals surface area (Å²) in [6.07, 6.45) is 0. The first-order valence-corrected chi connectivity index (χ1v) is 3.43. The summed E-state index contributed by atoms with van der Waals surface area (Å²) in [5.41, 5.74) is 0.225. The van der Waals surface area contributed by atoms with Crippen LogP contribution in [0, 0.1) is 0 Å². The molecule has 1 rings (SSSR count). The van der Waals surface area contributed by atoms with Crippen LogP contribution in [0.1, 0.15) is 17.3 Å². The van der Waals surface area contributed by atoms with Gasteiger partial charge in [-0.3, -0.25) is 4.79 Å². The highest BCUT2D eigenvalue weighted by molar-refractivity contribution is 5.96. The van der Waals surface area contributed by atoms with Gasteiger partial charge in [-0.2, -0.15) is 0 Å². The zero-order valence-corrected chi connectivity index (χ0v) is 7.15. The predicted octanol–water partition coefficient (Wildman–Crippen LogP) is 1.12. The first kappa shape index (κ1) is 11.2. The Morgan fingerprint density at radius 1 is 1.31 bits per heavy atom. The van der Waals surface area contributed by atoms with Crippen molar-refractivity contribution in [1.82, 2.24) is 0 Å². The Kier molecular flexibility index (Phi) is 4.23. The van der Waals surface area contributed by atoms with Gasteiger partial charge in [-0.1, -0.05) is 0 Å². The lowest BCUT2D eigenvalue weighted by molar-refractivity contribution is -0.0980. The Morgan fingerprint density at radius 2 is 1.85 bits per heavy atom. The third-order valence-corrected chi connectivity index (χ3v) is 1.36. The average Bonchev–Trinajstić information content (AvgIpc) is 2.07. The number of rotatable bonds is 1. The SMILES string of the molecule is C=O.CC(=O)c1ccc(O)cc1O. The molecule has 2 N–H and O–H groups in total. The quantitative estimate of drug-likeness (QED) is 0.638. The number of ketones is 1. The van der Waals surface area contributed by atoms with Crippen molar-refractivity contribution in [2.24, 2.45) is 0 Å². The van der Waals surface area contributed by atoms with Gasteiger partial charge < -0.3 is 15.0 Å². The molecule has 4 nitrogen and oxygen atoms in total. The van der Waals surface area contributed by atoms with Crippen molar-refractivity contribution >= 4 is 12.6 Å². The van der Waals surface area contributed by atoms with Gasteiger partial charge in [0.15, 0.2) is 5.78 Å². The Morgan fingerprint density at radius 3 is 2.23 bits per heavy atom. The summed E-state index contributed by atoms with van der Waals surface area (Å²) in [6.45, 7) is 3.35. The summed E-state index contributed by atoms with van der Waals surface area (Å²) in [6, 6.07) is 3.88. The highest BCUT2D eigenvalue weighted by atomic mass is 16.3. The topological polar surface area (TPSA) is 74.6 Å². The fourth-order valence-electron chi connectivity index (χ4n) is 0.818. The summed E-state index contributed by atoms with van der Waals surface area (Å²) in [7, 11) is 0. The summed E-state index contributed by atoms with van der Waals surface area (Å²) in [5, 5.41) is 17.9. The lowest BCUT2D eigenvalue weighted by Crippen LogP contribution is -1.91. The number of aromatic hydroxyl groups is 2. The van der Waals surface area contributed by atoms with E-state index in [1.165, 1.54) is 19.1 Å².